The molecular weight excluding hydrogens is 232 g/mol. The highest BCUT2D eigenvalue weighted by molar-refractivity contribution is 5.78. The number of rotatable bonds is 3. The number of carbonyl (C=O) groups is 2. The predicted molar refractivity (Wildman–Crippen MR) is 66.1 cm³/mol. The Hall–Kier alpha value is -1.06. The van der Waals surface area contributed by atoms with Crippen molar-refractivity contribution in [3.63, 3.8) is 0 Å². The van der Waals surface area contributed by atoms with Crippen LogP contribution in [0.5, 0.6) is 0 Å². The summed E-state index contributed by atoms with van der Waals surface area (Å²) in [6.45, 7) is 6.16. The van der Waals surface area contributed by atoms with Gasteiger partial charge in [0.05, 0.1) is 5.41 Å². The number of hydrogen-bond acceptors (Lipinski definition) is 2. The van der Waals surface area contributed by atoms with Crippen LogP contribution in [0.15, 0.2) is 0 Å². The van der Waals surface area contributed by atoms with Crippen LogP contribution >= 0.6 is 0 Å². The summed E-state index contributed by atoms with van der Waals surface area (Å²) < 4.78 is 0. The van der Waals surface area contributed by atoms with Crippen LogP contribution in [0.1, 0.15) is 46.5 Å². The summed E-state index contributed by atoms with van der Waals surface area (Å²) >= 11 is 0. The standard InChI is InChI=1S/C14H22O4/c1-8-4-5-9-10(6-11(15)16)14(8,12(17)18)7-13(9,2)3/h8-10H,4-7H2,1-3H3,(H,15,16)(H,17,18)/t8?,9?,10-,14-/m0/s1. The van der Waals surface area contributed by atoms with Gasteiger partial charge in [-0.3, -0.25) is 9.59 Å². The monoisotopic (exact) mass is 254 g/mol. The number of fused-ring (bicyclic) bond motifs is 2. The molecule has 2 aliphatic carbocycles. The molecule has 2 rings (SSSR count). The quantitative estimate of drug-likeness (QED) is 0.811. The molecule has 2 fully saturated rings. The van der Waals surface area contributed by atoms with Gasteiger partial charge in [-0.1, -0.05) is 20.8 Å². The Morgan fingerprint density at radius 1 is 1.22 bits per heavy atom. The third-order valence-electron chi connectivity index (χ3n) is 5.48. The molecule has 2 saturated carbocycles. The second kappa shape index (κ2) is 3.97. The van der Waals surface area contributed by atoms with Crippen molar-refractivity contribution < 1.29 is 19.8 Å². The molecule has 102 valence electrons. The van der Waals surface area contributed by atoms with Crippen LogP contribution in [-0.2, 0) is 9.59 Å². The first-order valence-corrected chi connectivity index (χ1v) is 6.67. The van der Waals surface area contributed by atoms with Gasteiger partial charge in [0, 0.05) is 6.42 Å². The van der Waals surface area contributed by atoms with Gasteiger partial charge >= 0.3 is 11.9 Å². The summed E-state index contributed by atoms with van der Waals surface area (Å²) in [7, 11) is 0. The zero-order valence-electron chi connectivity index (χ0n) is 11.3. The Bertz CT molecular complexity index is 387. The summed E-state index contributed by atoms with van der Waals surface area (Å²) in [6.07, 6.45) is 2.46. The fraction of sp³-hybridized carbons (Fsp3) is 0.857. The summed E-state index contributed by atoms with van der Waals surface area (Å²) in [5, 5.41) is 18.8. The van der Waals surface area contributed by atoms with E-state index < -0.39 is 17.4 Å². The summed E-state index contributed by atoms with van der Waals surface area (Å²) in [5.41, 5.74) is -0.895. The molecule has 0 aromatic rings. The first-order chi connectivity index (χ1) is 8.21. The van der Waals surface area contributed by atoms with Crippen LogP contribution in [0.2, 0.25) is 0 Å². The minimum atomic E-state index is -0.873. The maximum Gasteiger partial charge on any atom is 0.310 e. The SMILES string of the molecule is CC1CCC2[C@H](CC(=O)O)[C@]1(C(=O)O)CC2(C)C. The lowest BCUT2D eigenvalue weighted by Crippen LogP contribution is -2.45. The molecule has 2 aliphatic rings. The average Bonchev–Trinajstić information content (AvgIpc) is 2.36. The topological polar surface area (TPSA) is 74.6 Å². The molecule has 2 bridgehead atoms. The van der Waals surface area contributed by atoms with E-state index in [1.54, 1.807) is 0 Å². The van der Waals surface area contributed by atoms with Crippen molar-refractivity contribution in [2.45, 2.75) is 46.5 Å². The van der Waals surface area contributed by atoms with Gasteiger partial charge in [0.1, 0.15) is 0 Å². The first kappa shape index (κ1) is 13.4. The molecule has 0 radical (unpaired) electrons. The fourth-order valence-electron chi connectivity index (χ4n) is 4.70. The molecule has 4 nitrogen and oxygen atoms in total. The van der Waals surface area contributed by atoms with Crippen LogP contribution in [0.4, 0.5) is 0 Å². The number of aliphatic carboxylic acids is 2. The lowest BCUT2D eigenvalue weighted by molar-refractivity contribution is -0.160. The van der Waals surface area contributed by atoms with Gasteiger partial charge in [0.25, 0.3) is 0 Å². The minimum absolute atomic E-state index is 0.00919. The molecule has 0 heterocycles. The molecule has 0 amide bonds. The van der Waals surface area contributed by atoms with Crippen LogP contribution < -0.4 is 0 Å². The van der Waals surface area contributed by atoms with Crippen molar-refractivity contribution in [1.29, 1.82) is 0 Å². The fourth-order valence-corrected chi connectivity index (χ4v) is 4.70. The minimum Gasteiger partial charge on any atom is -0.481 e. The van der Waals surface area contributed by atoms with Crippen molar-refractivity contribution in [3.8, 4) is 0 Å². The molecule has 0 spiro atoms. The van der Waals surface area contributed by atoms with E-state index >= 15 is 0 Å². The molecule has 0 aromatic carbocycles. The molecule has 0 aromatic heterocycles. The predicted octanol–water partition coefficient (Wildman–Crippen LogP) is 2.62. The van der Waals surface area contributed by atoms with Gasteiger partial charge in [0.2, 0.25) is 0 Å². The number of carboxylic acids is 2. The molecule has 2 unspecified atom stereocenters. The van der Waals surface area contributed by atoms with Gasteiger partial charge in [-0.2, -0.15) is 0 Å². The van der Waals surface area contributed by atoms with E-state index in [2.05, 4.69) is 13.8 Å². The second-order valence-electron chi connectivity index (χ2n) is 6.80. The zero-order chi connectivity index (χ0) is 13.7. The zero-order valence-corrected chi connectivity index (χ0v) is 11.3. The van der Waals surface area contributed by atoms with E-state index in [4.69, 9.17) is 5.11 Å². The third-order valence-corrected chi connectivity index (χ3v) is 5.48. The maximum absolute atomic E-state index is 11.8. The molecule has 4 heteroatoms. The van der Waals surface area contributed by atoms with Crippen molar-refractivity contribution in [3.05, 3.63) is 0 Å². The average molecular weight is 254 g/mol. The van der Waals surface area contributed by atoms with E-state index in [1.807, 2.05) is 6.92 Å². The Labute approximate surface area is 107 Å². The summed E-state index contributed by atoms with van der Waals surface area (Å²) in [5.74, 6) is -1.59. The largest absolute Gasteiger partial charge is 0.481 e. The second-order valence-corrected chi connectivity index (χ2v) is 6.80. The van der Waals surface area contributed by atoms with E-state index in [9.17, 15) is 14.7 Å². The van der Waals surface area contributed by atoms with E-state index in [0.29, 0.717) is 6.42 Å². The third kappa shape index (κ3) is 1.65. The van der Waals surface area contributed by atoms with Gasteiger partial charge in [-0.25, -0.2) is 0 Å². The van der Waals surface area contributed by atoms with Crippen LogP contribution in [0, 0.1) is 28.6 Å². The molecular formula is C14H22O4. The van der Waals surface area contributed by atoms with Crippen molar-refractivity contribution in [2.75, 3.05) is 0 Å². The van der Waals surface area contributed by atoms with Gasteiger partial charge < -0.3 is 10.2 Å². The highest BCUT2D eigenvalue weighted by Crippen LogP contribution is 2.66. The highest BCUT2D eigenvalue weighted by atomic mass is 16.4. The Balaban J connectivity index is 2.47. The van der Waals surface area contributed by atoms with Crippen molar-refractivity contribution in [1.82, 2.24) is 0 Å². The Kier molecular flexibility index (Phi) is 2.95. The van der Waals surface area contributed by atoms with Gasteiger partial charge in [-0.15, -0.1) is 0 Å². The van der Waals surface area contributed by atoms with Crippen LogP contribution in [0.3, 0.4) is 0 Å². The summed E-state index contributed by atoms with van der Waals surface area (Å²) in [4.78, 5) is 22.9. The molecule has 4 atom stereocenters. The lowest BCUT2D eigenvalue weighted by atomic mass is 9.60. The first-order valence-electron chi connectivity index (χ1n) is 6.67. The lowest BCUT2D eigenvalue weighted by Gasteiger charge is -2.42. The Morgan fingerprint density at radius 2 is 1.83 bits per heavy atom. The number of carboxylic acid groups (broad SMARTS) is 2. The smallest absolute Gasteiger partial charge is 0.310 e. The van der Waals surface area contributed by atoms with Crippen LogP contribution in [0.25, 0.3) is 0 Å². The van der Waals surface area contributed by atoms with Crippen molar-refractivity contribution >= 4 is 11.9 Å². The van der Waals surface area contributed by atoms with Gasteiger partial charge in [0.15, 0.2) is 0 Å². The van der Waals surface area contributed by atoms with E-state index in [0.717, 1.165) is 12.8 Å². The summed E-state index contributed by atoms with van der Waals surface area (Å²) in [6, 6.07) is 0. The number of hydrogen-bond donors (Lipinski definition) is 2. The van der Waals surface area contributed by atoms with Crippen molar-refractivity contribution in [2.24, 2.45) is 28.6 Å². The normalized spacial score (nSPS) is 41.6. The molecule has 0 saturated heterocycles. The molecule has 2 N–H and O–H groups in total. The Morgan fingerprint density at radius 3 is 2.33 bits per heavy atom. The molecule has 18 heavy (non-hydrogen) atoms. The molecule has 0 aliphatic heterocycles. The van der Waals surface area contributed by atoms with Crippen LogP contribution in [-0.4, -0.2) is 22.2 Å². The maximum atomic E-state index is 11.8. The van der Waals surface area contributed by atoms with E-state index in [-0.39, 0.29) is 29.6 Å². The highest BCUT2D eigenvalue weighted by Gasteiger charge is 2.65. The van der Waals surface area contributed by atoms with Gasteiger partial charge in [-0.05, 0) is 42.4 Å². The van der Waals surface area contributed by atoms with E-state index in [1.165, 1.54) is 0 Å².